The van der Waals surface area contributed by atoms with Crippen molar-refractivity contribution in [3.8, 4) is 0 Å². The summed E-state index contributed by atoms with van der Waals surface area (Å²) in [4.78, 5) is 2.15. The molecule has 24 heavy (non-hydrogen) atoms. The maximum Gasteiger partial charge on any atom is 0.174 e. The molecule has 0 saturated heterocycles. The van der Waals surface area contributed by atoms with Crippen LogP contribution in [0.3, 0.4) is 0 Å². The number of hydrogen-bond acceptors (Lipinski definition) is 2. The lowest BCUT2D eigenvalue weighted by Gasteiger charge is -2.37. The highest BCUT2D eigenvalue weighted by atomic mass is 35.5. The zero-order valence-corrected chi connectivity index (χ0v) is 14.4. The molecule has 0 bridgehead atoms. The second-order valence-corrected chi connectivity index (χ2v) is 6.44. The summed E-state index contributed by atoms with van der Waals surface area (Å²) >= 11 is 11.9. The number of hydrogen-bond donors (Lipinski definition) is 1. The minimum atomic E-state index is -0.0498. The Labute approximate surface area is 150 Å². The maximum atomic E-state index is 6.24. The standard InChI is InChI=1S/C18H16ClN3OS/c19-13-5-1-2-6-14(13)20-18(24)22-11-10-21-9-3-7-15(21)17(22)16-8-4-12-23-16/h1-9,12,17H,10-11H2,(H,20,24). The molecule has 4 rings (SSSR count). The number of para-hydroxylation sites is 1. The van der Waals surface area contributed by atoms with Crippen LogP contribution in [0.1, 0.15) is 17.5 Å². The molecule has 3 heterocycles. The Morgan fingerprint density at radius 2 is 2.00 bits per heavy atom. The number of aromatic nitrogens is 1. The molecule has 0 saturated carbocycles. The van der Waals surface area contributed by atoms with E-state index in [1.165, 1.54) is 5.69 Å². The SMILES string of the molecule is S=C(Nc1ccccc1Cl)N1CCn2cccc2C1c1ccco1. The van der Waals surface area contributed by atoms with Crippen LogP contribution < -0.4 is 5.32 Å². The number of nitrogens with one attached hydrogen (secondary N) is 1. The van der Waals surface area contributed by atoms with Gasteiger partial charge in [-0.3, -0.25) is 0 Å². The van der Waals surface area contributed by atoms with Crippen molar-refractivity contribution in [1.82, 2.24) is 9.47 Å². The fourth-order valence-corrected chi connectivity index (χ4v) is 3.59. The monoisotopic (exact) mass is 357 g/mol. The predicted octanol–water partition coefficient (Wildman–Crippen LogP) is 4.54. The summed E-state index contributed by atoms with van der Waals surface area (Å²) in [5.41, 5.74) is 1.97. The highest BCUT2D eigenvalue weighted by molar-refractivity contribution is 7.80. The smallest absolute Gasteiger partial charge is 0.174 e. The summed E-state index contributed by atoms with van der Waals surface area (Å²) in [5.74, 6) is 0.873. The molecule has 0 fully saturated rings. The number of thiocarbonyl (C=S) groups is 1. The van der Waals surface area contributed by atoms with Crippen LogP contribution in [-0.2, 0) is 6.54 Å². The van der Waals surface area contributed by atoms with E-state index in [1.54, 1.807) is 6.26 Å². The van der Waals surface area contributed by atoms with E-state index in [-0.39, 0.29) is 6.04 Å². The first-order chi connectivity index (χ1) is 11.7. The molecule has 4 nitrogen and oxygen atoms in total. The van der Waals surface area contributed by atoms with Crippen LogP contribution >= 0.6 is 23.8 Å². The van der Waals surface area contributed by atoms with E-state index in [4.69, 9.17) is 28.2 Å². The minimum Gasteiger partial charge on any atom is -0.467 e. The van der Waals surface area contributed by atoms with Crippen molar-refractivity contribution in [3.05, 3.63) is 77.5 Å². The lowest BCUT2D eigenvalue weighted by atomic mass is 10.1. The fourth-order valence-electron chi connectivity index (χ4n) is 3.10. The number of anilines is 1. The van der Waals surface area contributed by atoms with E-state index in [9.17, 15) is 0 Å². The molecule has 2 aromatic heterocycles. The zero-order valence-electron chi connectivity index (χ0n) is 12.9. The van der Waals surface area contributed by atoms with E-state index < -0.39 is 0 Å². The lowest BCUT2D eigenvalue weighted by Crippen LogP contribution is -2.44. The summed E-state index contributed by atoms with van der Waals surface area (Å²) in [7, 11) is 0. The molecule has 0 radical (unpaired) electrons. The van der Waals surface area contributed by atoms with Crippen molar-refractivity contribution in [2.24, 2.45) is 0 Å². The molecule has 1 atom stereocenters. The average molecular weight is 358 g/mol. The number of furan rings is 1. The van der Waals surface area contributed by atoms with Gasteiger partial charge in [0.25, 0.3) is 0 Å². The van der Waals surface area contributed by atoms with Crippen molar-refractivity contribution in [3.63, 3.8) is 0 Å². The summed E-state index contributed by atoms with van der Waals surface area (Å²) in [5, 5.41) is 4.55. The van der Waals surface area contributed by atoms with Gasteiger partial charge >= 0.3 is 0 Å². The first-order valence-electron chi connectivity index (χ1n) is 7.74. The van der Waals surface area contributed by atoms with Gasteiger partial charge in [0.1, 0.15) is 11.8 Å². The Morgan fingerprint density at radius 1 is 1.12 bits per heavy atom. The molecule has 0 spiro atoms. The molecule has 1 aliphatic heterocycles. The highest BCUT2D eigenvalue weighted by Gasteiger charge is 2.32. The van der Waals surface area contributed by atoms with Gasteiger partial charge in [-0.15, -0.1) is 0 Å². The van der Waals surface area contributed by atoms with Gasteiger partial charge in [-0.25, -0.2) is 0 Å². The van der Waals surface area contributed by atoms with E-state index in [1.807, 2.05) is 36.4 Å². The van der Waals surface area contributed by atoms with E-state index in [2.05, 4.69) is 33.1 Å². The van der Waals surface area contributed by atoms with Gasteiger partial charge in [-0.05, 0) is 48.6 Å². The Kier molecular flexibility index (Phi) is 4.04. The van der Waals surface area contributed by atoms with Crippen molar-refractivity contribution >= 4 is 34.6 Å². The van der Waals surface area contributed by atoms with Crippen molar-refractivity contribution in [2.45, 2.75) is 12.6 Å². The molecule has 1 N–H and O–H groups in total. The first-order valence-corrected chi connectivity index (χ1v) is 8.53. The predicted molar refractivity (Wildman–Crippen MR) is 99.4 cm³/mol. The Hall–Kier alpha value is -2.24. The molecule has 1 unspecified atom stereocenters. The van der Waals surface area contributed by atoms with Crippen molar-refractivity contribution in [2.75, 3.05) is 11.9 Å². The van der Waals surface area contributed by atoms with Gasteiger partial charge in [-0.1, -0.05) is 23.7 Å². The normalized spacial score (nSPS) is 16.7. The fraction of sp³-hybridized carbons (Fsp3) is 0.167. The van der Waals surface area contributed by atoms with Gasteiger partial charge in [-0.2, -0.15) is 0 Å². The quantitative estimate of drug-likeness (QED) is 0.683. The van der Waals surface area contributed by atoms with Gasteiger partial charge in [0.05, 0.1) is 17.0 Å². The number of nitrogens with zero attached hydrogens (tertiary/aromatic N) is 2. The third-order valence-corrected chi connectivity index (χ3v) is 4.89. The van der Waals surface area contributed by atoms with Gasteiger partial charge in [0.15, 0.2) is 5.11 Å². The van der Waals surface area contributed by atoms with Crippen LogP contribution in [0.15, 0.2) is 65.4 Å². The van der Waals surface area contributed by atoms with Crippen LogP contribution in [0.4, 0.5) is 5.69 Å². The minimum absolute atomic E-state index is 0.0498. The highest BCUT2D eigenvalue weighted by Crippen LogP contribution is 2.33. The number of halogens is 1. The van der Waals surface area contributed by atoms with E-state index >= 15 is 0 Å². The van der Waals surface area contributed by atoms with Gasteiger partial charge in [0, 0.05) is 25.0 Å². The van der Waals surface area contributed by atoms with Crippen molar-refractivity contribution < 1.29 is 4.42 Å². The molecular formula is C18H16ClN3OS. The largest absolute Gasteiger partial charge is 0.467 e. The molecule has 0 amide bonds. The third-order valence-electron chi connectivity index (χ3n) is 4.23. The van der Waals surface area contributed by atoms with E-state index in [0.29, 0.717) is 10.1 Å². The number of benzene rings is 1. The average Bonchev–Trinajstić information content (AvgIpc) is 3.27. The van der Waals surface area contributed by atoms with Crippen LogP contribution in [-0.4, -0.2) is 21.1 Å². The number of rotatable bonds is 2. The molecule has 3 aromatic rings. The second-order valence-electron chi connectivity index (χ2n) is 5.65. The molecule has 0 aliphatic carbocycles. The summed E-state index contributed by atoms with van der Waals surface area (Å²) in [6, 6.07) is 15.6. The second kappa shape index (κ2) is 6.34. The van der Waals surface area contributed by atoms with Gasteiger partial charge < -0.3 is 19.2 Å². The van der Waals surface area contributed by atoms with Gasteiger partial charge in [0.2, 0.25) is 0 Å². The third kappa shape index (κ3) is 2.70. The molecule has 1 aliphatic rings. The topological polar surface area (TPSA) is 33.3 Å². The maximum absolute atomic E-state index is 6.24. The lowest BCUT2D eigenvalue weighted by molar-refractivity contribution is 0.261. The van der Waals surface area contributed by atoms with Crippen LogP contribution in [0.5, 0.6) is 0 Å². The Bertz CT molecular complexity index is 859. The summed E-state index contributed by atoms with van der Waals surface area (Å²) < 4.78 is 7.92. The van der Waals surface area contributed by atoms with Crippen LogP contribution in [0, 0.1) is 0 Å². The summed E-state index contributed by atoms with van der Waals surface area (Å²) in [6.45, 7) is 1.67. The Morgan fingerprint density at radius 3 is 2.79 bits per heavy atom. The van der Waals surface area contributed by atoms with Crippen LogP contribution in [0.25, 0.3) is 0 Å². The van der Waals surface area contributed by atoms with Crippen molar-refractivity contribution in [1.29, 1.82) is 0 Å². The number of fused-ring (bicyclic) bond motifs is 1. The van der Waals surface area contributed by atoms with E-state index in [0.717, 1.165) is 24.5 Å². The molecule has 6 heteroatoms. The first kappa shape index (κ1) is 15.3. The summed E-state index contributed by atoms with van der Waals surface area (Å²) in [6.07, 6.45) is 3.78. The molecular weight excluding hydrogens is 342 g/mol. The molecule has 1 aromatic carbocycles. The molecule has 122 valence electrons. The Balaban J connectivity index is 1.66. The van der Waals surface area contributed by atoms with Crippen LogP contribution in [0.2, 0.25) is 5.02 Å². The zero-order chi connectivity index (χ0) is 16.5.